The molecule has 2 aromatic rings. The number of carbonyl (C=O) groups is 1. The van der Waals surface area contributed by atoms with Crippen molar-refractivity contribution in [1.82, 2.24) is 4.31 Å². The molecule has 2 aromatic carbocycles. The molecule has 0 radical (unpaired) electrons. The van der Waals surface area contributed by atoms with E-state index in [0.29, 0.717) is 19.6 Å². The highest BCUT2D eigenvalue weighted by molar-refractivity contribution is 7.89. The molecule has 0 aliphatic carbocycles. The summed E-state index contributed by atoms with van der Waals surface area (Å²) in [4.78, 5) is 14.4. The third kappa shape index (κ3) is 3.44. The van der Waals surface area contributed by atoms with Crippen LogP contribution in [0, 0.1) is 5.82 Å². The fourth-order valence-corrected chi connectivity index (χ4v) is 5.59. The minimum absolute atomic E-state index is 0.189. The predicted octanol–water partition coefficient (Wildman–Crippen LogP) is 3.59. The Hall–Kier alpha value is -2.25. The SMILES string of the molecule is O=C(c1ccc(F)c(S(=O)(=O)N2CCCCC2)c1)N1CCCc2ccccc21. The summed E-state index contributed by atoms with van der Waals surface area (Å²) in [6.07, 6.45) is 4.25. The standard InChI is InChI=1S/C21H23FN2O3S/c22-18-11-10-17(15-20(18)28(26,27)23-12-4-1-5-13-23)21(25)24-14-6-8-16-7-2-3-9-19(16)24/h2-3,7,9-11,15H,1,4-6,8,12-14H2. The van der Waals surface area contributed by atoms with E-state index < -0.39 is 20.7 Å². The first-order chi connectivity index (χ1) is 13.5. The van der Waals surface area contributed by atoms with Crippen molar-refractivity contribution in [1.29, 1.82) is 0 Å². The summed E-state index contributed by atoms with van der Waals surface area (Å²) >= 11 is 0. The molecule has 0 atom stereocenters. The number of hydrogen-bond donors (Lipinski definition) is 0. The number of halogens is 1. The van der Waals surface area contributed by atoms with Gasteiger partial charge in [-0.2, -0.15) is 4.31 Å². The second-order valence-electron chi connectivity index (χ2n) is 7.30. The number of aryl methyl sites for hydroxylation is 1. The first kappa shape index (κ1) is 19.1. The van der Waals surface area contributed by atoms with Crippen molar-refractivity contribution in [2.45, 2.75) is 37.0 Å². The molecule has 28 heavy (non-hydrogen) atoms. The van der Waals surface area contributed by atoms with E-state index in [1.807, 2.05) is 24.3 Å². The van der Waals surface area contributed by atoms with Crippen molar-refractivity contribution in [3.05, 3.63) is 59.4 Å². The highest BCUT2D eigenvalue weighted by Crippen LogP contribution is 2.29. The lowest BCUT2D eigenvalue weighted by atomic mass is 10.0. The molecule has 1 fully saturated rings. The molecule has 2 aliphatic rings. The number of carbonyl (C=O) groups excluding carboxylic acids is 1. The molecule has 0 aromatic heterocycles. The Morgan fingerprint density at radius 1 is 0.929 bits per heavy atom. The number of hydrogen-bond acceptors (Lipinski definition) is 3. The van der Waals surface area contributed by atoms with E-state index in [1.54, 1.807) is 4.90 Å². The maximum Gasteiger partial charge on any atom is 0.258 e. The zero-order valence-electron chi connectivity index (χ0n) is 15.6. The Kier molecular flexibility index (Phi) is 5.21. The van der Waals surface area contributed by atoms with Gasteiger partial charge >= 0.3 is 0 Å². The first-order valence-corrected chi connectivity index (χ1v) is 11.1. The van der Waals surface area contributed by atoms with Gasteiger partial charge in [-0.05, 0) is 55.5 Å². The van der Waals surface area contributed by atoms with Crippen molar-refractivity contribution in [2.24, 2.45) is 0 Å². The summed E-state index contributed by atoms with van der Waals surface area (Å²) < 4.78 is 41.6. The summed E-state index contributed by atoms with van der Waals surface area (Å²) in [6.45, 7) is 1.33. The number of nitrogens with zero attached hydrogens (tertiary/aromatic N) is 2. The molecule has 2 aliphatic heterocycles. The lowest BCUT2D eigenvalue weighted by molar-refractivity contribution is 0.0985. The van der Waals surface area contributed by atoms with Crippen LogP contribution in [0.25, 0.3) is 0 Å². The average Bonchev–Trinajstić information content (AvgIpc) is 2.73. The number of para-hydroxylation sites is 1. The quantitative estimate of drug-likeness (QED) is 0.788. The number of anilines is 1. The number of sulfonamides is 1. The average molecular weight is 402 g/mol. The van der Waals surface area contributed by atoms with Gasteiger partial charge in [0.25, 0.3) is 5.91 Å². The van der Waals surface area contributed by atoms with Gasteiger partial charge in [0.2, 0.25) is 10.0 Å². The maximum atomic E-state index is 14.4. The Balaban J connectivity index is 1.69. The van der Waals surface area contributed by atoms with E-state index in [0.717, 1.165) is 49.4 Å². The van der Waals surface area contributed by atoms with Crippen LogP contribution in [0.3, 0.4) is 0 Å². The van der Waals surface area contributed by atoms with Gasteiger partial charge in [0.05, 0.1) is 0 Å². The van der Waals surface area contributed by atoms with E-state index in [9.17, 15) is 17.6 Å². The van der Waals surface area contributed by atoms with Crippen LogP contribution in [0.4, 0.5) is 10.1 Å². The molecule has 7 heteroatoms. The summed E-state index contributed by atoms with van der Waals surface area (Å²) in [5.74, 6) is -1.12. The summed E-state index contributed by atoms with van der Waals surface area (Å²) in [5.41, 5.74) is 2.11. The Morgan fingerprint density at radius 2 is 1.68 bits per heavy atom. The summed E-state index contributed by atoms with van der Waals surface area (Å²) in [6, 6.07) is 11.3. The number of amides is 1. The molecule has 148 valence electrons. The molecule has 0 spiro atoms. The lowest BCUT2D eigenvalue weighted by Gasteiger charge is -2.30. The number of benzene rings is 2. The second kappa shape index (κ2) is 7.64. The zero-order chi connectivity index (χ0) is 19.7. The van der Waals surface area contributed by atoms with Crippen LogP contribution in [0.2, 0.25) is 0 Å². The highest BCUT2D eigenvalue weighted by atomic mass is 32.2. The van der Waals surface area contributed by atoms with Crippen molar-refractivity contribution >= 4 is 21.6 Å². The lowest BCUT2D eigenvalue weighted by Crippen LogP contribution is -2.37. The van der Waals surface area contributed by atoms with Crippen LogP contribution in [0.1, 0.15) is 41.6 Å². The van der Waals surface area contributed by atoms with Crippen LogP contribution in [-0.4, -0.2) is 38.3 Å². The van der Waals surface area contributed by atoms with Crippen LogP contribution in [-0.2, 0) is 16.4 Å². The van der Waals surface area contributed by atoms with Crippen LogP contribution < -0.4 is 4.90 Å². The number of piperidine rings is 1. The molecular weight excluding hydrogens is 379 g/mol. The van der Waals surface area contributed by atoms with E-state index in [4.69, 9.17) is 0 Å². The minimum Gasteiger partial charge on any atom is -0.308 e. The number of rotatable bonds is 3. The smallest absolute Gasteiger partial charge is 0.258 e. The van der Waals surface area contributed by atoms with E-state index >= 15 is 0 Å². The molecule has 0 unspecified atom stereocenters. The van der Waals surface area contributed by atoms with Gasteiger partial charge < -0.3 is 4.90 Å². The highest BCUT2D eigenvalue weighted by Gasteiger charge is 2.30. The topological polar surface area (TPSA) is 57.7 Å². The van der Waals surface area contributed by atoms with Crippen molar-refractivity contribution in [2.75, 3.05) is 24.5 Å². The fraction of sp³-hybridized carbons (Fsp3) is 0.381. The van der Waals surface area contributed by atoms with E-state index in [1.165, 1.54) is 16.4 Å². The van der Waals surface area contributed by atoms with Crippen molar-refractivity contribution < 1.29 is 17.6 Å². The van der Waals surface area contributed by atoms with Gasteiger partial charge in [-0.1, -0.05) is 24.6 Å². The van der Waals surface area contributed by atoms with Gasteiger partial charge in [0.15, 0.2) is 0 Å². The second-order valence-corrected chi connectivity index (χ2v) is 9.21. The Labute approximate surface area is 164 Å². The Morgan fingerprint density at radius 3 is 2.46 bits per heavy atom. The summed E-state index contributed by atoms with van der Waals surface area (Å²) in [7, 11) is -3.95. The molecule has 0 N–H and O–H groups in total. The predicted molar refractivity (Wildman–Crippen MR) is 105 cm³/mol. The van der Waals surface area contributed by atoms with Crippen LogP contribution in [0.15, 0.2) is 47.4 Å². The van der Waals surface area contributed by atoms with E-state index in [2.05, 4.69) is 0 Å². The molecule has 1 amide bonds. The van der Waals surface area contributed by atoms with Gasteiger partial charge in [-0.25, -0.2) is 12.8 Å². The maximum absolute atomic E-state index is 14.4. The first-order valence-electron chi connectivity index (χ1n) is 9.68. The van der Waals surface area contributed by atoms with Gasteiger partial charge in [-0.3, -0.25) is 4.79 Å². The normalized spacial score (nSPS) is 18.0. The molecule has 5 nitrogen and oxygen atoms in total. The molecule has 0 saturated carbocycles. The zero-order valence-corrected chi connectivity index (χ0v) is 16.4. The Bertz CT molecular complexity index is 1000. The van der Waals surface area contributed by atoms with Crippen LogP contribution in [0.5, 0.6) is 0 Å². The largest absolute Gasteiger partial charge is 0.308 e. The molecule has 4 rings (SSSR count). The fourth-order valence-electron chi connectivity index (χ4n) is 3.98. The number of fused-ring (bicyclic) bond motifs is 1. The van der Waals surface area contributed by atoms with Crippen molar-refractivity contribution in [3.63, 3.8) is 0 Å². The molecule has 2 heterocycles. The van der Waals surface area contributed by atoms with Crippen molar-refractivity contribution in [3.8, 4) is 0 Å². The monoisotopic (exact) mass is 402 g/mol. The summed E-state index contributed by atoms with van der Waals surface area (Å²) in [5, 5.41) is 0. The van der Waals surface area contributed by atoms with E-state index in [-0.39, 0.29) is 11.5 Å². The van der Waals surface area contributed by atoms with Crippen LogP contribution >= 0.6 is 0 Å². The van der Waals surface area contributed by atoms with Gasteiger partial charge in [0, 0.05) is 30.9 Å². The third-order valence-corrected chi connectivity index (χ3v) is 7.38. The van der Waals surface area contributed by atoms with Gasteiger partial charge in [-0.15, -0.1) is 0 Å². The molecule has 0 bridgehead atoms. The molecule has 1 saturated heterocycles. The third-order valence-electron chi connectivity index (χ3n) is 5.47. The van der Waals surface area contributed by atoms with Gasteiger partial charge in [0.1, 0.15) is 10.7 Å². The minimum atomic E-state index is -3.95. The molecular formula is C21H23FN2O3S.